The zero-order valence-electron chi connectivity index (χ0n) is 12.7. The number of hydrogen-bond acceptors (Lipinski definition) is 2. The Bertz CT molecular complexity index is 670. The average molecular weight is 347 g/mol. The quantitative estimate of drug-likeness (QED) is 0.809. The second kappa shape index (κ2) is 6.09. The first-order valence-electron chi connectivity index (χ1n) is 8.00. The van der Waals surface area contributed by atoms with Crippen LogP contribution in [0.5, 0.6) is 0 Å². The molecule has 0 radical (unpaired) electrons. The standard InChI is InChI=1S/C16H20F3NO2S/c17-16(18,19)13-8-2-4-10-15(13)23(21,22)20-11-5-7-12-6-1-3-9-14(12)20/h2,4,8,10,12,14H,1,3,5-7,9,11H2. The van der Waals surface area contributed by atoms with Crippen LogP contribution in [0.3, 0.4) is 0 Å². The van der Waals surface area contributed by atoms with E-state index in [9.17, 15) is 21.6 Å². The highest BCUT2D eigenvalue weighted by molar-refractivity contribution is 7.89. The van der Waals surface area contributed by atoms with Crippen molar-refractivity contribution in [3.63, 3.8) is 0 Å². The average Bonchev–Trinajstić information content (AvgIpc) is 2.53. The molecule has 1 aliphatic carbocycles. The van der Waals surface area contributed by atoms with E-state index in [-0.39, 0.29) is 12.0 Å². The molecule has 1 heterocycles. The molecule has 0 spiro atoms. The third-order valence-corrected chi connectivity index (χ3v) is 6.95. The molecule has 1 aliphatic heterocycles. The van der Waals surface area contributed by atoms with E-state index in [0.717, 1.165) is 44.2 Å². The topological polar surface area (TPSA) is 37.4 Å². The summed E-state index contributed by atoms with van der Waals surface area (Å²) >= 11 is 0. The lowest BCUT2D eigenvalue weighted by Gasteiger charge is -2.43. The predicted molar refractivity (Wildman–Crippen MR) is 80.3 cm³/mol. The Kier molecular flexibility index (Phi) is 4.44. The fourth-order valence-corrected chi connectivity index (χ4v) is 5.90. The van der Waals surface area contributed by atoms with E-state index in [4.69, 9.17) is 0 Å². The van der Waals surface area contributed by atoms with Crippen LogP contribution in [0.4, 0.5) is 13.2 Å². The van der Waals surface area contributed by atoms with Gasteiger partial charge >= 0.3 is 6.18 Å². The van der Waals surface area contributed by atoms with E-state index >= 15 is 0 Å². The Hall–Kier alpha value is -1.08. The van der Waals surface area contributed by atoms with Crippen LogP contribution in [0.15, 0.2) is 29.2 Å². The number of sulfonamides is 1. The Morgan fingerprint density at radius 2 is 1.65 bits per heavy atom. The Morgan fingerprint density at radius 1 is 1.00 bits per heavy atom. The Morgan fingerprint density at radius 3 is 2.39 bits per heavy atom. The van der Waals surface area contributed by atoms with Gasteiger partial charge in [0.05, 0.1) is 10.5 Å². The van der Waals surface area contributed by atoms with E-state index < -0.39 is 26.7 Å². The lowest BCUT2D eigenvalue weighted by Crippen LogP contribution is -2.49. The van der Waals surface area contributed by atoms with Gasteiger partial charge in [-0.15, -0.1) is 0 Å². The minimum Gasteiger partial charge on any atom is -0.207 e. The molecule has 1 aromatic carbocycles. The van der Waals surface area contributed by atoms with Crippen LogP contribution < -0.4 is 0 Å². The molecule has 2 fully saturated rings. The first kappa shape index (κ1) is 16.8. The van der Waals surface area contributed by atoms with Crippen molar-refractivity contribution in [2.45, 2.75) is 55.6 Å². The fraction of sp³-hybridized carbons (Fsp3) is 0.625. The fourth-order valence-electron chi connectivity index (χ4n) is 3.93. The number of nitrogens with zero attached hydrogens (tertiary/aromatic N) is 1. The summed E-state index contributed by atoms with van der Waals surface area (Å²) in [5.41, 5.74) is -1.07. The summed E-state index contributed by atoms with van der Waals surface area (Å²) in [4.78, 5) is -0.612. The molecule has 2 aliphatic rings. The van der Waals surface area contributed by atoms with E-state index in [2.05, 4.69) is 0 Å². The van der Waals surface area contributed by atoms with Gasteiger partial charge in [0.1, 0.15) is 0 Å². The van der Waals surface area contributed by atoms with Crippen molar-refractivity contribution in [2.75, 3.05) is 6.54 Å². The van der Waals surface area contributed by atoms with Gasteiger partial charge in [-0.2, -0.15) is 17.5 Å². The molecule has 2 atom stereocenters. The van der Waals surface area contributed by atoms with E-state index in [1.54, 1.807) is 0 Å². The molecule has 0 N–H and O–H groups in total. The molecule has 1 aromatic rings. The van der Waals surface area contributed by atoms with Gasteiger partial charge in [-0.3, -0.25) is 0 Å². The van der Waals surface area contributed by atoms with Crippen molar-refractivity contribution in [3.8, 4) is 0 Å². The SMILES string of the molecule is O=S(=O)(c1ccccc1C(F)(F)F)N1CCCC2CCCCC21. The third kappa shape index (κ3) is 3.13. The molecular formula is C16H20F3NO2S. The van der Waals surface area contributed by atoms with Crippen LogP contribution in [-0.2, 0) is 16.2 Å². The Labute approximate surface area is 134 Å². The van der Waals surface area contributed by atoms with Gasteiger partial charge in [-0.05, 0) is 43.7 Å². The molecule has 0 bridgehead atoms. The van der Waals surface area contributed by atoms with Gasteiger partial charge in [0.15, 0.2) is 0 Å². The van der Waals surface area contributed by atoms with Crippen molar-refractivity contribution < 1.29 is 21.6 Å². The van der Waals surface area contributed by atoms with Crippen LogP contribution in [0.1, 0.15) is 44.1 Å². The third-order valence-electron chi connectivity index (χ3n) is 4.97. The minimum atomic E-state index is -4.68. The molecule has 3 nitrogen and oxygen atoms in total. The molecular weight excluding hydrogens is 327 g/mol. The molecule has 23 heavy (non-hydrogen) atoms. The molecule has 3 rings (SSSR count). The molecule has 7 heteroatoms. The largest absolute Gasteiger partial charge is 0.417 e. The molecule has 128 valence electrons. The second-order valence-electron chi connectivity index (χ2n) is 6.36. The van der Waals surface area contributed by atoms with Gasteiger partial charge in [-0.25, -0.2) is 8.42 Å². The lowest BCUT2D eigenvalue weighted by molar-refractivity contribution is -0.139. The Balaban J connectivity index is 2.02. The number of rotatable bonds is 2. The van der Waals surface area contributed by atoms with Crippen LogP contribution in [-0.4, -0.2) is 25.3 Å². The molecule has 0 amide bonds. The van der Waals surface area contributed by atoms with Crippen molar-refractivity contribution in [3.05, 3.63) is 29.8 Å². The van der Waals surface area contributed by atoms with E-state index in [1.807, 2.05) is 0 Å². The smallest absolute Gasteiger partial charge is 0.207 e. The van der Waals surface area contributed by atoms with Crippen molar-refractivity contribution >= 4 is 10.0 Å². The zero-order chi connectivity index (χ0) is 16.7. The van der Waals surface area contributed by atoms with E-state index in [0.29, 0.717) is 13.0 Å². The number of halogens is 3. The van der Waals surface area contributed by atoms with Crippen LogP contribution >= 0.6 is 0 Å². The summed E-state index contributed by atoms with van der Waals surface area (Å²) in [6.45, 7) is 0.315. The van der Waals surface area contributed by atoms with Gasteiger partial charge in [0.25, 0.3) is 0 Å². The summed E-state index contributed by atoms with van der Waals surface area (Å²) in [5, 5.41) is 0. The summed E-state index contributed by atoms with van der Waals surface area (Å²) in [7, 11) is -4.13. The number of fused-ring (bicyclic) bond motifs is 1. The first-order chi connectivity index (χ1) is 10.8. The van der Waals surface area contributed by atoms with Crippen LogP contribution in [0, 0.1) is 5.92 Å². The first-order valence-corrected chi connectivity index (χ1v) is 9.44. The van der Waals surface area contributed by atoms with Gasteiger partial charge in [0, 0.05) is 12.6 Å². The van der Waals surface area contributed by atoms with Crippen LogP contribution in [0.25, 0.3) is 0 Å². The summed E-state index contributed by atoms with van der Waals surface area (Å²) in [5.74, 6) is 0.283. The van der Waals surface area contributed by atoms with Crippen molar-refractivity contribution in [2.24, 2.45) is 5.92 Å². The van der Waals surface area contributed by atoms with Gasteiger partial charge in [0.2, 0.25) is 10.0 Å². The zero-order valence-corrected chi connectivity index (χ0v) is 13.5. The van der Waals surface area contributed by atoms with Crippen LogP contribution in [0.2, 0.25) is 0 Å². The maximum atomic E-state index is 13.2. The normalized spacial score (nSPS) is 26.7. The lowest BCUT2D eigenvalue weighted by atomic mass is 9.79. The number of benzene rings is 1. The summed E-state index contributed by atoms with van der Waals surface area (Å²) < 4.78 is 66.8. The van der Waals surface area contributed by atoms with Gasteiger partial charge < -0.3 is 0 Å². The second-order valence-corrected chi connectivity index (χ2v) is 8.22. The molecule has 1 saturated heterocycles. The number of alkyl halides is 3. The monoisotopic (exact) mass is 347 g/mol. The summed E-state index contributed by atoms with van der Waals surface area (Å²) in [6, 6.07) is 4.34. The predicted octanol–water partition coefficient (Wildman–Crippen LogP) is 4.05. The molecule has 1 saturated carbocycles. The van der Waals surface area contributed by atoms with Gasteiger partial charge in [-0.1, -0.05) is 25.0 Å². The number of piperidine rings is 1. The van der Waals surface area contributed by atoms with Crippen molar-refractivity contribution in [1.82, 2.24) is 4.31 Å². The highest BCUT2D eigenvalue weighted by Crippen LogP contribution is 2.40. The molecule has 2 unspecified atom stereocenters. The highest BCUT2D eigenvalue weighted by Gasteiger charge is 2.43. The maximum Gasteiger partial charge on any atom is 0.417 e. The highest BCUT2D eigenvalue weighted by atomic mass is 32.2. The number of hydrogen-bond donors (Lipinski definition) is 0. The summed E-state index contributed by atoms with van der Waals surface area (Å²) in [6.07, 6.45) is 0.746. The maximum absolute atomic E-state index is 13.2. The van der Waals surface area contributed by atoms with Crippen molar-refractivity contribution in [1.29, 1.82) is 0 Å². The minimum absolute atomic E-state index is 0.149. The molecule has 0 aromatic heterocycles. The van der Waals surface area contributed by atoms with E-state index in [1.165, 1.54) is 16.4 Å².